The first kappa shape index (κ1) is 12.3. The minimum atomic E-state index is -2.05. The third-order valence-corrected chi connectivity index (χ3v) is 2.83. The summed E-state index contributed by atoms with van der Waals surface area (Å²) in [5.41, 5.74) is -2.30. The summed E-state index contributed by atoms with van der Waals surface area (Å²) in [6.45, 7) is 0. The molecule has 18 heavy (non-hydrogen) atoms. The van der Waals surface area contributed by atoms with Gasteiger partial charge in [0.25, 0.3) is 0 Å². The van der Waals surface area contributed by atoms with Gasteiger partial charge in [0.1, 0.15) is 11.6 Å². The molecule has 0 aliphatic heterocycles. The second-order valence-electron chi connectivity index (χ2n) is 4.05. The Morgan fingerprint density at radius 2 is 1.89 bits per heavy atom. The van der Waals surface area contributed by atoms with Gasteiger partial charge in [-0.15, -0.1) is 0 Å². The van der Waals surface area contributed by atoms with Crippen LogP contribution in [0.3, 0.4) is 0 Å². The Bertz CT molecular complexity index is 546. The SMILES string of the molecule is O=C(O)C1=C(O)C=CC(F)(c2ccc(F)cc2)C1. The van der Waals surface area contributed by atoms with Crippen molar-refractivity contribution in [2.45, 2.75) is 12.1 Å². The van der Waals surface area contributed by atoms with Crippen molar-refractivity contribution in [3.05, 3.63) is 59.1 Å². The van der Waals surface area contributed by atoms with Gasteiger partial charge in [-0.1, -0.05) is 12.1 Å². The van der Waals surface area contributed by atoms with Gasteiger partial charge in [0, 0.05) is 6.42 Å². The quantitative estimate of drug-likeness (QED) is 0.850. The van der Waals surface area contributed by atoms with Crippen molar-refractivity contribution in [3.8, 4) is 0 Å². The highest BCUT2D eigenvalue weighted by Gasteiger charge is 2.36. The van der Waals surface area contributed by atoms with Crippen molar-refractivity contribution in [2.24, 2.45) is 0 Å². The van der Waals surface area contributed by atoms with Gasteiger partial charge in [0.2, 0.25) is 0 Å². The number of benzene rings is 1. The van der Waals surface area contributed by atoms with Crippen molar-refractivity contribution < 1.29 is 23.8 Å². The van der Waals surface area contributed by atoms with Gasteiger partial charge < -0.3 is 10.2 Å². The van der Waals surface area contributed by atoms with Gasteiger partial charge in [-0.25, -0.2) is 13.6 Å². The summed E-state index contributed by atoms with van der Waals surface area (Å²) < 4.78 is 27.4. The van der Waals surface area contributed by atoms with Crippen LogP contribution in [0.25, 0.3) is 0 Å². The zero-order valence-corrected chi connectivity index (χ0v) is 9.23. The molecule has 1 aromatic rings. The summed E-state index contributed by atoms with van der Waals surface area (Å²) in [7, 11) is 0. The van der Waals surface area contributed by atoms with E-state index in [0.29, 0.717) is 0 Å². The van der Waals surface area contributed by atoms with Gasteiger partial charge in [-0.2, -0.15) is 0 Å². The Morgan fingerprint density at radius 1 is 1.28 bits per heavy atom. The maximum Gasteiger partial charge on any atom is 0.335 e. The molecule has 3 nitrogen and oxygen atoms in total. The maximum atomic E-state index is 14.6. The molecule has 0 bridgehead atoms. The molecule has 1 aliphatic rings. The molecule has 0 fully saturated rings. The van der Waals surface area contributed by atoms with Crippen molar-refractivity contribution in [1.82, 2.24) is 0 Å². The Balaban J connectivity index is 2.38. The summed E-state index contributed by atoms with van der Waals surface area (Å²) in [5.74, 6) is -2.34. The molecular weight excluding hydrogens is 242 g/mol. The van der Waals surface area contributed by atoms with Crippen LogP contribution in [0.2, 0.25) is 0 Å². The number of carboxylic acids is 1. The topological polar surface area (TPSA) is 57.5 Å². The van der Waals surface area contributed by atoms with Crippen LogP contribution in [-0.2, 0) is 10.5 Å². The Morgan fingerprint density at radius 3 is 2.44 bits per heavy atom. The van der Waals surface area contributed by atoms with Crippen LogP contribution in [0, 0.1) is 5.82 Å². The standard InChI is InChI=1S/C13H10F2O3/c14-9-3-1-8(2-4-9)13(15)6-5-11(16)10(7-13)12(17)18/h1-6,16H,7H2,(H,17,18). The third-order valence-electron chi connectivity index (χ3n) is 2.83. The number of allylic oxidation sites excluding steroid dienone is 2. The van der Waals surface area contributed by atoms with E-state index in [-0.39, 0.29) is 5.56 Å². The first-order valence-electron chi connectivity index (χ1n) is 5.22. The second-order valence-corrected chi connectivity index (χ2v) is 4.05. The number of hydrogen-bond donors (Lipinski definition) is 2. The monoisotopic (exact) mass is 252 g/mol. The predicted octanol–water partition coefficient (Wildman–Crippen LogP) is 2.85. The molecule has 1 aromatic carbocycles. The molecule has 1 aliphatic carbocycles. The zero-order chi connectivity index (χ0) is 13.3. The van der Waals surface area contributed by atoms with E-state index in [4.69, 9.17) is 5.11 Å². The summed E-state index contributed by atoms with van der Waals surface area (Å²) >= 11 is 0. The molecule has 0 heterocycles. The predicted molar refractivity (Wildman–Crippen MR) is 60.2 cm³/mol. The molecule has 0 amide bonds. The molecule has 0 saturated carbocycles. The first-order chi connectivity index (χ1) is 8.42. The van der Waals surface area contributed by atoms with Crippen LogP contribution in [-0.4, -0.2) is 16.2 Å². The van der Waals surface area contributed by atoms with Gasteiger partial charge in [-0.3, -0.25) is 0 Å². The third kappa shape index (κ3) is 2.11. The highest BCUT2D eigenvalue weighted by molar-refractivity contribution is 5.88. The fourth-order valence-electron chi connectivity index (χ4n) is 1.83. The van der Waals surface area contributed by atoms with Crippen LogP contribution < -0.4 is 0 Å². The molecule has 2 N–H and O–H groups in total. The van der Waals surface area contributed by atoms with E-state index in [1.807, 2.05) is 0 Å². The van der Waals surface area contributed by atoms with E-state index >= 15 is 0 Å². The molecule has 0 aromatic heterocycles. The number of carboxylic acid groups (broad SMARTS) is 1. The van der Waals surface area contributed by atoms with Gasteiger partial charge in [0.05, 0.1) is 5.57 Å². The van der Waals surface area contributed by atoms with Crippen LogP contribution in [0.4, 0.5) is 8.78 Å². The summed E-state index contributed by atoms with van der Waals surface area (Å²) in [6, 6.07) is 4.70. The lowest BCUT2D eigenvalue weighted by Gasteiger charge is -2.25. The molecule has 0 radical (unpaired) electrons. The highest BCUT2D eigenvalue weighted by Crippen LogP contribution is 2.38. The number of rotatable bonds is 2. The van der Waals surface area contributed by atoms with E-state index in [9.17, 15) is 18.7 Å². The number of aliphatic hydroxyl groups excluding tert-OH is 1. The first-order valence-corrected chi connectivity index (χ1v) is 5.22. The number of aliphatic hydroxyl groups is 1. The smallest absolute Gasteiger partial charge is 0.335 e. The van der Waals surface area contributed by atoms with Gasteiger partial charge in [0.15, 0.2) is 5.67 Å². The molecule has 5 heteroatoms. The van der Waals surface area contributed by atoms with Crippen molar-refractivity contribution in [3.63, 3.8) is 0 Å². The average molecular weight is 252 g/mol. The van der Waals surface area contributed by atoms with Crippen LogP contribution in [0.15, 0.2) is 47.7 Å². The van der Waals surface area contributed by atoms with Gasteiger partial charge >= 0.3 is 5.97 Å². The molecule has 0 spiro atoms. The van der Waals surface area contributed by atoms with Gasteiger partial charge in [-0.05, 0) is 29.8 Å². The minimum Gasteiger partial charge on any atom is -0.507 e. The van der Waals surface area contributed by atoms with Crippen molar-refractivity contribution >= 4 is 5.97 Å². The lowest BCUT2D eigenvalue weighted by molar-refractivity contribution is -0.133. The number of hydrogen-bond acceptors (Lipinski definition) is 2. The fourth-order valence-corrected chi connectivity index (χ4v) is 1.83. The summed E-state index contributed by atoms with van der Waals surface area (Å²) in [4.78, 5) is 10.9. The number of halogens is 2. The number of alkyl halides is 1. The van der Waals surface area contributed by atoms with Crippen LogP contribution >= 0.6 is 0 Å². The molecule has 1 unspecified atom stereocenters. The lowest BCUT2D eigenvalue weighted by atomic mass is 9.85. The highest BCUT2D eigenvalue weighted by atomic mass is 19.1. The normalized spacial score (nSPS) is 23.2. The van der Waals surface area contributed by atoms with Crippen LogP contribution in [0.5, 0.6) is 0 Å². The van der Waals surface area contributed by atoms with Crippen molar-refractivity contribution in [1.29, 1.82) is 0 Å². The molecular formula is C13H10F2O3. The van der Waals surface area contributed by atoms with E-state index < -0.39 is 35.2 Å². The maximum absolute atomic E-state index is 14.6. The van der Waals surface area contributed by atoms with Crippen molar-refractivity contribution in [2.75, 3.05) is 0 Å². The zero-order valence-electron chi connectivity index (χ0n) is 9.23. The molecule has 0 saturated heterocycles. The summed E-state index contributed by atoms with van der Waals surface area (Å²) in [6.07, 6.45) is 1.59. The van der Waals surface area contributed by atoms with E-state index in [0.717, 1.165) is 24.3 Å². The minimum absolute atomic E-state index is 0.145. The summed E-state index contributed by atoms with van der Waals surface area (Å²) in [5, 5.41) is 18.2. The second kappa shape index (κ2) is 4.25. The number of carbonyl (C=O) groups is 1. The van der Waals surface area contributed by atoms with Crippen LogP contribution in [0.1, 0.15) is 12.0 Å². The molecule has 2 rings (SSSR count). The van der Waals surface area contributed by atoms with E-state index in [1.165, 1.54) is 12.1 Å². The largest absolute Gasteiger partial charge is 0.507 e. The average Bonchev–Trinajstić information content (AvgIpc) is 2.33. The Hall–Kier alpha value is -2.17. The molecule has 1 atom stereocenters. The molecule has 94 valence electrons. The fraction of sp³-hybridized carbons (Fsp3) is 0.154. The number of aliphatic carboxylic acids is 1. The van der Waals surface area contributed by atoms with E-state index in [1.54, 1.807) is 0 Å². The Kier molecular flexibility index (Phi) is 2.90. The Labute approximate surface area is 102 Å². The lowest BCUT2D eigenvalue weighted by Crippen LogP contribution is -2.24. The van der Waals surface area contributed by atoms with E-state index in [2.05, 4.69) is 0 Å².